The lowest BCUT2D eigenvalue weighted by Crippen LogP contribution is -2.55. The molecule has 114 valence electrons. The average Bonchev–Trinajstić information content (AvgIpc) is 2.47. The van der Waals surface area contributed by atoms with E-state index in [2.05, 4.69) is 17.2 Å². The largest absolute Gasteiger partial charge is 0.305 e. The lowest BCUT2D eigenvalue weighted by molar-refractivity contribution is -0.0181. The Labute approximate surface area is 126 Å². The second-order valence-corrected chi connectivity index (χ2v) is 7.49. The van der Waals surface area contributed by atoms with Crippen molar-refractivity contribution in [2.45, 2.75) is 57.5 Å². The van der Waals surface area contributed by atoms with Crippen LogP contribution < -0.4 is 5.32 Å². The van der Waals surface area contributed by atoms with Crippen LogP contribution in [-0.2, 0) is 0 Å². The second-order valence-electron chi connectivity index (χ2n) is 7.49. The van der Waals surface area contributed by atoms with Crippen LogP contribution in [0.3, 0.4) is 0 Å². The zero-order chi connectivity index (χ0) is 14.4. The van der Waals surface area contributed by atoms with Crippen LogP contribution in [0, 0.1) is 29.5 Å². The molecule has 0 saturated heterocycles. The third-order valence-electron chi connectivity index (χ3n) is 6.14. The predicted octanol–water partition coefficient (Wildman–Crippen LogP) is 4.09. The van der Waals surface area contributed by atoms with E-state index in [9.17, 15) is 4.39 Å². The Bertz CT molecular complexity index is 470. The van der Waals surface area contributed by atoms with Crippen molar-refractivity contribution in [2.24, 2.45) is 23.7 Å². The number of nitrogens with one attached hydrogen (secondary N) is 1. The first kappa shape index (κ1) is 13.7. The molecule has 4 saturated carbocycles. The van der Waals surface area contributed by atoms with Crippen LogP contribution >= 0.6 is 0 Å². The highest BCUT2D eigenvalue weighted by Gasteiger charge is 2.48. The summed E-state index contributed by atoms with van der Waals surface area (Å²) < 4.78 is 13.1. The molecule has 2 nitrogen and oxygen atoms in total. The van der Waals surface area contributed by atoms with Crippen LogP contribution in [0.25, 0.3) is 0 Å². The van der Waals surface area contributed by atoms with Crippen molar-refractivity contribution in [2.75, 3.05) is 0 Å². The molecule has 1 atom stereocenters. The maximum Gasteiger partial charge on any atom is 0.141 e. The van der Waals surface area contributed by atoms with Gasteiger partial charge in [0.25, 0.3) is 0 Å². The fourth-order valence-electron chi connectivity index (χ4n) is 5.44. The Balaban J connectivity index is 1.50. The summed E-state index contributed by atoms with van der Waals surface area (Å²) in [6.45, 7) is 2.19. The molecule has 1 heterocycles. The predicted molar refractivity (Wildman–Crippen MR) is 81.2 cm³/mol. The third-order valence-corrected chi connectivity index (χ3v) is 6.14. The number of rotatable bonds is 4. The normalized spacial score (nSPS) is 38.7. The fraction of sp³-hybridized carbons (Fsp3) is 0.722. The number of halogens is 1. The van der Waals surface area contributed by atoms with Crippen LogP contribution in [0.5, 0.6) is 0 Å². The maximum absolute atomic E-state index is 13.1. The number of hydrogen-bond donors (Lipinski definition) is 1. The first-order chi connectivity index (χ1) is 10.2. The van der Waals surface area contributed by atoms with E-state index >= 15 is 0 Å². The minimum absolute atomic E-state index is 0.247. The summed E-state index contributed by atoms with van der Waals surface area (Å²) in [5.74, 6) is 3.51. The van der Waals surface area contributed by atoms with Gasteiger partial charge in [-0.05, 0) is 74.3 Å². The molecular weight excluding hydrogens is 263 g/mol. The highest BCUT2D eigenvalue weighted by molar-refractivity contribution is 5.11. The molecule has 1 aromatic heterocycles. The van der Waals surface area contributed by atoms with Gasteiger partial charge in [0, 0.05) is 12.1 Å². The van der Waals surface area contributed by atoms with Crippen molar-refractivity contribution in [3.8, 4) is 0 Å². The summed E-state index contributed by atoms with van der Waals surface area (Å²) >= 11 is 0. The minimum atomic E-state index is -0.247. The first-order valence-corrected chi connectivity index (χ1v) is 8.60. The molecule has 5 rings (SSSR count). The Morgan fingerprint density at radius 2 is 1.81 bits per heavy atom. The fourth-order valence-corrected chi connectivity index (χ4v) is 5.44. The molecule has 4 bridgehead atoms. The topological polar surface area (TPSA) is 24.9 Å². The number of hydrogen-bond acceptors (Lipinski definition) is 2. The van der Waals surface area contributed by atoms with Crippen LogP contribution in [-0.4, -0.2) is 11.0 Å². The zero-order valence-electron chi connectivity index (χ0n) is 12.8. The smallest absolute Gasteiger partial charge is 0.141 e. The third kappa shape index (κ3) is 2.50. The Kier molecular flexibility index (Phi) is 3.49. The van der Waals surface area contributed by atoms with Gasteiger partial charge in [-0.25, -0.2) is 4.39 Å². The van der Waals surface area contributed by atoms with Crippen molar-refractivity contribution >= 4 is 0 Å². The van der Waals surface area contributed by atoms with Crippen molar-refractivity contribution in [1.82, 2.24) is 10.3 Å². The molecule has 0 radical (unpaired) electrons. The zero-order valence-corrected chi connectivity index (χ0v) is 12.8. The molecule has 4 aliphatic carbocycles. The quantitative estimate of drug-likeness (QED) is 0.902. The molecule has 21 heavy (non-hydrogen) atoms. The van der Waals surface area contributed by atoms with Crippen molar-refractivity contribution in [1.29, 1.82) is 0 Å². The Hall–Kier alpha value is -0.960. The minimum Gasteiger partial charge on any atom is -0.305 e. The number of nitrogens with zero attached hydrogens (tertiary/aromatic N) is 1. The molecule has 4 aliphatic rings. The molecule has 0 spiro atoms. The van der Waals surface area contributed by atoms with E-state index in [1.165, 1.54) is 44.4 Å². The SMILES string of the molecule is CCC(NC1C2CC3CC(C2)CC1C3)c1ccc(F)cn1. The maximum atomic E-state index is 13.1. The van der Waals surface area contributed by atoms with E-state index in [0.29, 0.717) is 6.04 Å². The van der Waals surface area contributed by atoms with E-state index in [0.717, 1.165) is 35.8 Å². The molecular formula is C18H25FN2. The van der Waals surface area contributed by atoms with Gasteiger partial charge < -0.3 is 5.32 Å². The number of pyridine rings is 1. The lowest BCUT2D eigenvalue weighted by Gasteiger charge is -2.55. The van der Waals surface area contributed by atoms with Gasteiger partial charge in [0.15, 0.2) is 0 Å². The highest BCUT2D eigenvalue weighted by Crippen LogP contribution is 2.54. The van der Waals surface area contributed by atoms with E-state index in [1.807, 2.05) is 6.07 Å². The molecule has 0 aliphatic heterocycles. The average molecular weight is 288 g/mol. The van der Waals surface area contributed by atoms with Crippen molar-refractivity contribution < 1.29 is 4.39 Å². The van der Waals surface area contributed by atoms with E-state index in [-0.39, 0.29) is 11.9 Å². The summed E-state index contributed by atoms with van der Waals surface area (Å²) in [6, 6.07) is 4.30. The van der Waals surface area contributed by atoms with Gasteiger partial charge in [0.1, 0.15) is 5.82 Å². The van der Waals surface area contributed by atoms with Gasteiger partial charge in [0.2, 0.25) is 0 Å². The van der Waals surface area contributed by atoms with Gasteiger partial charge >= 0.3 is 0 Å². The van der Waals surface area contributed by atoms with E-state index in [4.69, 9.17) is 0 Å². The molecule has 1 N–H and O–H groups in total. The summed E-state index contributed by atoms with van der Waals surface area (Å²) in [4.78, 5) is 4.30. The number of aromatic nitrogens is 1. The van der Waals surface area contributed by atoms with Gasteiger partial charge in [-0.2, -0.15) is 0 Å². The van der Waals surface area contributed by atoms with Crippen LogP contribution in [0.4, 0.5) is 4.39 Å². The molecule has 0 aromatic carbocycles. The van der Waals surface area contributed by atoms with Gasteiger partial charge in [0.05, 0.1) is 11.9 Å². The van der Waals surface area contributed by atoms with Crippen LogP contribution in [0.2, 0.25) is 0 Å². The summed E-state index contributed by atoms with van der Waals surface area (Å²) in [5, 5.41) is 3.90. The molecule has 0 amide bonds. The first-order valence-electron chi connectivity index (χ1n) is 8.60. The van der Waals surface area contributed by atoms with E-state index < -0.39 is 0 Å². The molecule has 3 heteroatoms. The standard InChI is InChI=1S/C18H25FN2/c1-2-16(17-4-3-15(19)10-20-17)21-18-13-6-11-5-12(8-13)9-14(18)7-11/h3-4,10-14,16,18,21H,2,5-9H2,1H3. The van der Waals surface area contributed by atoms with Crippen LogP contribution in [0.15, 0.2) is 18.3 Å². The lowest BCUT2D eigenvalue weighted by atomic mass is 9.54. The molecule has 1 unspecified atom stereocenters. The summed E-state index contributed by atoms with van der Waals surface area (Å²) in [7, 11) is 0. The summed E-state index contributed by atoms with van der Waals surface area (Å²) in [6.07, 6.45) is 9.57. The second kappa shape index (κ2) is 5.35. The molecule has 4 fully saturated rings. The monoisotopic (exact) mass is 288 g/mol. The Morgan fingerprint density at radius 1 is 1.14 bits per heavy atom. The van der Waals surface area contributed by atoms with Crippen molar-refractivity contribution in [3.05, 3.63) is 29.8 Å². The highest BCUT2D eigenvalue weighted by atomic mass is 19.1. The van der Waals surface area contributed by atoms with Gasteiger partial charge in [-0.3, -0.25) is 4.98 Å². The summed E-state index contributed by atoms with van der Waals surface area (Å²) in [5.41, 5.74) is 0.993. The van der Waals surface area contributed by atoms with Crippen LogP contribution in [0.1, 0.15) is 57.2 Å². The van der Waals surface area contributed by atoms with Crippen molar-refractivity contribution in [3.63, 3.8) is 0 Å². The van der Waals surface area contributed by atoms with Gasteiger partial charge in [-0.1, -0.05) is 6.92 Å². The molecule has 1 aromatic rings. The van der Waals surface area contributed by atoms with Gasteiger partial charge in [-0.15, -0.1) is 0 Å². The Morgan fingerprint density at radius 3 is 2.33 bits per heavy atom. The van der Waals surface area contributed by atoms with E-state index in [1.54, 1.807) is 0 Å².